The molecule has 2 N–H and O–H groups in total. The van der Waals surface area contributed by atoms with Crippen LogP contribution in [0.2, 0.25) is 10.0 Å². The molecule has 1 aliphatic rings. The number of rotatable bonds is 14. The van der Waals surface area contributed by atoms with Gasteiger partial charge in [-0.25, -0.2) is 9.38 Å². The van der Waals surface area contributed by atoms with Gasteiger partial charge in [0.1, 0.15) is 11.6 Å². The number of thioether (sulfide) groups is 1. The molecule has 1 aliphatic heterocycles. The van der Waals surface area contributed by atoms with Crippen LogP contribution in [0.4, 0.5) is 4.39 Å². The highest BCUT2D eigenvalue weighted by atomic mass is 79.9. The molecule has 4 aromatic rings. The van der Waals surface area contributed by atoms with E-state index in [1.807, 2.05) is 36.4 Å². The molecule has 240 valence electrons. The zero-order valence-corrected chi connectivity index (χ0v) is 28.6. The van der Waals surface area contributed by atoms with Gasteiger partial charge >= 0.3 is 0 Å². The van der Waals surface area contributed by atoms with Crippen LogP contribution in [0.1, 0.15) is 34.8 Å². The summed E-state index contributed by atoms with van der Waals surface area (Å²) < 4.78 is 26.5. The molecule has 1 heterocycles. The quantitative estimate of drug-likeness (QED) is 0.127. The fraction of sp³-hybridized carbons (Fsp3) is 0.257. The van der Waals surface area contributed by atoms with Gasteiger partial charge in [-0.15, -0.1) is 0 Å². The molecule has 0 unspecified atom stereocenters. The van der Waals surface area contributed by atoms with Crippen molar-refractivity contribution in [3.63, 3.8) is 0 Å². The van der Waals surface area contributed by atoms with Crippen LogP contribution in [0.5, 0.6) is 5.75 Å². The molecule has 0 saturated carbocycles. The second-order valence-electron chi connectivity index (χ2n) is 10.7. The first-order chi connectivity index (χ1) is 22.3. The molecule has 0 bridgehead atoms. The summed E-state index contributed by atoms with van der Waals surface area (Å²) in [5.41, 5.74) is 1.75. The van der Waals surface area contributed by atoms with E-state index in [9.17, 15) is 9.18 Å². The van der Waals surface area contributed by atoms with Gasteiger partial charge in [0.05, 0.1) is 6.61 Å². The van der Waals surface area contributed by atoms with Crippen molar-refractivity contribution in [2.45, 2.75) is 30.2 Å². The molecule has 0 aliphatic carbocycles. The smallest absolute Gasteiger partial charge is 0.252 e. The maximum Gasteiger partial charge on any atom is 0.252 e. The Morgan fingerprint density at radius 1 is 1.02 bits per heavy atom. The summed E-state index contributed by atoms with van der Waals surface area (Å²) in [7, 11) is 0. The number of aliphatic hydroxyl groups is 1. The van der Waals surface area contributed by atoms with Crippen molar-refractivity contribution in [3.8, 4) is 5.75 Å². The zero-order valence-electron chi connectivity index (χ0n) is 24.7. The number of carbonyl (C=O) groups excluding carboxylic acids is 1. The van der Waals surface area contributed by atoms with Crippen LogP contribution in [-0.2, 0) is 21.7 Å². The van der Waals surface area contributed by atoms with Gasteiger partial charge < -0.3 is 19.9 Å². The lowest BCUT2D eigenvalue weighted by molar-refractivity contribution is -0.128. The Bertz CT molecular complexity index is 1660. The average molecular weight is 747 g/mol. The normalized spacial score (nSPS) is 17.3. The van der Waals surface area contributed by atoms with Crippen molar-refractivity contribution < 1.29 is 23.8 Å². The van der Waals surface area contributed by atoms with Crippen LogP contribution < -0.4 is 10.1 Å². The largest absolute Gasteiger partial charge is 0.494 e. The first-order valence-electron chi connectivity index (χ1n) is 14.7. The Kier molecular flexibility index (Phi) is 12.0. The molecule has 1 amide bonds. The van der Waals surface area contributed by atoms with E-state index in [4.69, 9.17) is 42.8 Å². The minimum absolute atomic E-state index is 0.0484. The van der Waals surface area contributed by atoms with E-state index >= 15 is 0 Å². The lowest BCUT2D eigenvalue weighted by Gasteiger charge is -2.31. The van der Waals surface area contributed by atoms with Crippen molar-refractivity contribution in [3.05, 3.63) is 134 Å². The number of nitrogens with one attached hydrogen (secondary N) is 1. The van der Waals surface area contributed by atoms with Crippen LogP contribution in [0.3, 0.4) is 0 Å². The number of aliphatic imine (C=N–C) groups is 1. The van der Waals surface area contributed by atoms with Gasteiger partial charge in [-0.2, -0.15) is 11.8 Å². The Balaban J connectivity index is 1.45. The molecule has 0 spiro atoms. The van der Waals surface area contributed by atoms with Gasteiger partial charge in [-0.3, -0.25) is 4.79 Å². The summed E-state index contributed by atoms with van der Waals surface area (Å²) in [6, 6.07) is 26.5. The number of amides is 1. The third-order valence-corrected chi connectivity index (χ3v) is 9.50. The summed E-state index contributed by atoms with van der Waals surface area (Å²) in [4.78, 5) is 19.4. The number of hydrogen-bond acceptors (Lipinski definition) is 6. The van der Waals surface area contributed by atoms with E-state index in [1.165, 1.54) is 12.1 Å². The predicted molar refractivity (Wildman–Crippen MR) is 187 cm³/mol. The first-order valence-corrected chi connectivity index (χ1v) is 17.4. The van der Waals surface area contributed by atoms with E-state index in [0.29, 0.717) is 63.9 Å². The molecule has 4 aromatic carbocycles. The van der Waals surface area contributed by atoms with E-state index in [0.717, 1.165) is 15.6 Å². The molecule has 0 radical (unpaired) electrons. The van der Waals surface area contributed by atoms with Crippen LogP contribution in [0, 0.1) is 5.82 Å². The second-order valence-corrected chi connectivity index (χ2v) is 13.6. The SMILES string of the molecule is O=C(NCCSCc1ccc(F)cc1)[C@]1(Cc2ccc(Br)cc2)N=C(c2ccc(OCCCO)cc2)O[C@@H]1c1ccc(Cl)cc1Cl. The number of aliphatic hydroxyl groups excluding tert-OH is 1. The number of benzene rings is 4. The number of nitrogens with zero attached hydrogens (tertiary/aromatic N) is 1. The summed E-state index contributed by atoms with van der Waals surface area (Å²) >= 11 is 18.1. The molecule has 46 heavy (non-hydrogen) atoms. The number of halogens is 4. The van der Waals surface area contributed by atoms with E-state index in [2.05, 4.69) is 21.2 Å². The predicted octanol–water partition coefficient (Wildman–Crippen LogP) is 8.21. The lowest BCUT2D eigenvalue weighted by Crippen LogP contribution is -2.50. The van der Waals surface area contributed by atoms with Crippen molar-refractivity contribution in [1.29, 1.82) is 0 Å². The zero-order chi connectivity index (χ0) is 32.5. The minimum Gasteiger partial charge on any atom is -0.494 e. The third-order valence-electron chi connectivity index (χ3n) is 7.38. The van der Waals surface area contributed by atoms with Crippen LogP contribution in [0.25, 0.3) is 0 Å². The summed E-state index contributed by atoms with van der Waals surface area (Å²) in [6.45, 7) is 0.828. The summed E-state index contributed by atoms with van der Waals surface area (Å²) in [5.74, 6) is 1.70. The van der Waals surface area contributed by atoms with Crippen molar-refractivity contribution in [2.75, 3.05) is 25.5 Å². The highest BCUT2D eigenvalue weighted by molar-refractivity contribution is 9.10. The fourth-order valence-corrected chi connectivity index (χ4v) is 6.64. The number of carbonyl (C=O) groups is 1. The maximum atomic E-state index is 14.4. The van der Waals surface area contributed by atoms with Gasteiger partial charge in [-0.1, -0.05) is 69.5 Å². The van der Waals surface area contributed by atoms with Crippen molar-refractivity contribution >= 4 is 62.7 Å². The van der Waals surface area contributed by atoms with Crippen LogP contribution in [0.15, 0.2) is 100 Å². The van der Waals surface area contributed by atoms with Gasteiger partial charge in [0.2, 0.25) is 5.90 Å². The average Bonchev–Trinajstić information content (AvgIpc) is 3.43. The van der Waals surface area contributed by atoms with Gasteiger partial charge in [0.15, 0.2) is 11.6 Å². The molecule has 2 atom stereocenters. The molecular weight excluding hydrogens is 714 g/mol. The van der Waals surface area contributed by atoms with E-state index in [1.54, 1.807) is 54.2 Å². The molecule has 11 heteroatoms. The fourth-order valence-electron chi connectivity index (χ4n) is 5.05. The van der Waals surface area contributed by atoms with Crippen LogP contribution in [-0.4, -0.2) is 48.0 Å². The second kappa shape index (κ2) is 16.2. The highest BCUT2D eigenvalue weighted by Gasteiger charge is 2.53. The van der Waals surface area contributed by atoms with Crippen molar-refractivity contribution in [2.24, 2.45) is 4.99 Å². The van der Waals surface area contributed by atoms with E-state index < -0.39 is 11.6 Å². The number of ether oxygens (including phenoxy) is 2. The van der Waals surface area contributed by atoms with Gasteiger partial charge in [0.25, 0.3) is 5.91 Å². The van der Waals surface area contributed by atoms with Gasteiger partial charge in [-0.05, 0) is 71.8 Å². The standard InChI is InChI=1S/C35H32BrCl2FN2O4S/c36-26-8-2-23(3-9-26)21-35(34(43)40-16-19-46-22-24-4-11-28(39)12-5-24)32(30-15-10-27(37)20-31(30)38)45-33(41-35)25-6-13-29(14-7-25)44-18-1-17-42/h2-15,20,32,42H,1,16-19,21-22H2,(H,40,43)/t32-,35-/m1/s1. The molecule has 0 fully saturated rings. The molecule has 6 nitrogen and oxygen atoms in total. The van der Waals surface area contributed by atoms with Gasteiger partial charge in [0, 0.05) is 63.1 Å². The summed E-state index contributed by atoms with van der Waals surface area (Å²) in [6.07, 6.45) is -0.0904. The monoisotopic (exact) mass is 744 g/mol. The topological polar surface area (TPSA) is 80.2 Å². The highest BCUT2D eigenvalue weighted by Crippen LogP contribution is 2.45. The Hall–Kier alpha value is -3.08. The molecule has 5 rings (SSSR count). The molecule has 0 saturated heterocycles. The minimum atomic E-state index is -1.40. The molecule has 0 aromatic heterocycles. The maximum absolute atomic E-state index is 14.4. The third kappa shape index (κ3) is 8.63. The Morgan fingerprint density at radius 3 is 2.43 bits per heavy atom. The van der Waals surface area contributed by atoms with E-state index in [-0.39, 0.29) is 24.8 Å². The number of hydrogen-bond donors (Lipinski definition) is 2. The summed E-state index contributed by atoms with van der Waals surface area (Å²) in [5, 5.41) is 13.0. The lowest BCUT2D eigenvalue weighted by atomic mass is 9.82. The van der Waals surface area contributed by atoms with Crippen LogP contribution >= 0.6 is 50.9 Å². The Morgan fingerprint density at radius 2 is 1.74 bits per heavy atom. The van der Waals surface area contributed by atoms with Crippen molar-refractivity contribution in [1.82, 2.24) is 5.32 Å². The first kappa shape index (κ1) is 34.3. The molecular formula is C35H32BrCl2FN2O4S. The Labute approximate surface area is 290 Å².